The molecule has 0 aromatic carbocycles. The number of hydrogen-bond donors (Lipinski definition) is 1. The zero-order chi connectivity index (χ0) is 11.4. The van der Waals surface area contributed by atoms with Crippen LogP contribution in [0.4, 0.5) is 0 Å². The first-order chi connectivity index (χ1) is 7.31. The van der Waals surface area contributed by atoms with E-state index in [1.807, 2.05) is 0 Å². The van der Waals surface area contributed by atoms with Gasteiger partial charge in [0.05, 0.1) is 12.4 Å². The van der Waals surface area contributed by atoms with E-state index in [9.17, 15) is 0 Å². The van der Waals surface area contributed by atoms with Crippen LogP contribution in [0.15, 0.2) is 12.3 Å². The Kier molecular flexibility index (Phi) is 11.2. The predicted molar refractivity (Wildman–Crippen MR) is 66.8 cm³/mol. The molecule has 0 atom stereocenters. The summed E-state index contributed by atoms with van der Waals surface area (Å²) in [5, 5.41) is 0. The Morgan fingerprint density at radius 1 is 1.07 bits per heavy atom. The Morgan fingerprint density at radius 3 is 2.40 bits per heavy atom. The summed E-state index contributed by atoms with van der Waals surface area (Å²) in [4.78, 5) is 0. The van der Waals surface area contributed by atoms with Gasteiger partial charge in [-0.15, -0.1) is 0 Å². The Morgan fingerprint density at radius 2 is 1.73 bits per heavy atom. The van der Waals surface area contributed by atoms with Crippen molar-refractivity contribution >= 4 is 0 Å². The molecule has 2 N–H and O–H groups in total. The molecule has 0 aromatic heterocycles. The maximum atomic E-state index is 5.50. The SMILES string of the molecule is C=C(CCCCCCCN)OCCCC. The van der Waals surface area contributed by atoms with Crippen LogP contribution in [0, 0.1) is 0 Å². The third-order valence-corrected chi connectivity index (χ3v) is 2.46. The van der Waals surface area contributed by atoms with Gasteiger partial charge in [0.25, 0.3) is 0 Å². The van der Waals surface area contributed by atoms with Crippen LogP contribution in [-0.2, 0) is 4.74 Å². The molecule has 2 nitrogen and oxygen atoms in total. The minimum Gasteiger partial charge on any atom is -0.499 e. The zero-order valence-electron chi connectivity index (χ0n) is 10.3. The zero-order valence-corrected chi connectivity index (χ0v) is 10.3. The molecule has 0 bridgehead atoms. The van der Waals surface area contributed by atoms with Crippen LogP contribution < -0.4 is 5.73 Å². The highest BCUT2D eigenvalue weighted by Gasteiger charge is 1.95. The minimum absolute atomic E-state index is 0.826. The molecule has 0 aliphatic rings. The third-order valence-electron chi connectivity index (χ3n) is 2.46. The Hall–Kier alpha value is -0.500. The molecule has 90 valence electrons. The van der Waals surface area contributed by atoms with E-state index in [2.05, 4.69) is 13.5 Å². The first kappa shape index (κ1) is 14.5. The summed E-state index contributed by atoms with van der Waals surface area (Å²) in [6.45, 7) is 7.75. The number of hydrogen-bond acceptors (Lipinski definition) is 2. The van der Waals surface area contributed by atoms with Gasteiger partial charge in [0.2, 0.25) is 0 Å². The molecule has 15 heavy (non-hydrogen) atoms. The topological polar surface area (TPSA) is 35.2 Å². The van der Waals surface area contributed by atoms with Crippen LogP contribution in [0.25, 0.3) is 0 Å². The first-order valence-corrected chi connectivity index (χ1v) is 6.32. The Bertz CT molecular complexity index is 145. The molecule has 0 amide bonds. The highest BCUT2D eigenvalue weighted by atomic mass is 16.5. The molecule has 0 saturated carbocycles. The standard InChI is InChI=1S/C13H27NO/c1-3-4-12-15-13(2)10-8-6-5-7-9-11-14/h2-12,14H2,1H3. The van der Waals surface area contributed by atoms with Crippen LogP contribution in [0.3, 0.4) is 0 Å². The smallest absolute Gasteiger partial charge is 0.0888 e. The largest absolute Gasteiger partial charge is 0.499 e. The summed E-state index contributed by atoms with van der Waals surface area (Å²) in [6, 6.07) is 0. The van der Waals surface area contributed by atoms with E-state index in [1.54, 1.807) is 0 Å². The van der Waals surface area contributed by atoms with Gasteiger partial charge in [0, 0.05) is 6.42 Å². The predicted octanol–water partition coefficient (Wildman–Crippen LogP) is 3.62. The summed E-state index contributed by atoms with van der Waals surface area (Å²) in [7, 11) is 0. The van der Waals surface area contributed by atoms with Gasteiger partial charge in [-0.3, -0.25) is 0 Å². The van der Waals surface area contributed by atoms with E-state index in [4.69, 9.17) is 10.5 Å². The van der Waals surface area contributed by atoms with Crippen molar-refractivity contribution in [2.75, 3.05) is 13.2 Å². The number of rotatable bonds is 11. The molecule has 0 aromatic rings. The third kappa shape index (κ3) is 11.4. The summed E-state index contributed by atoms with van der Waals surface area (Å²) in [6.07, 6.45) is 9.53. The number of allylic oxidation sites excluding steroid dienone is 1. The number of nitrogens with two attached hydrogens (primary N) is 1. The van der Waals surface area contributed by atoms with Crippen molar-refractivity contribution in [3.63, 3.8) is 0 Å². The normalized spacial score (nSPS) is 10.3. The molecule has 0 aliphatic heterocycles. The average molecular weight is 213 g/mol. The first-order valence-electron chi connectivity index (χ1n) is 6.32. The monoisotopic (exact) mass is 213 g/mol. The number of unbranched alkanes of at least 4 members (excludes halogenated alkanes) is 5. The fraction of sp³-hybridized carbons (Fsp3) is 0.846. The highest BCUT2D eigenvalue weighted by molar-refractivity contribution is 4.81. The second-order valence-electron chi connectivity index (χ2n) is 4.05. The van der Waals surface area contributed by atoms with Gasteiger partial charge in [-0.05, 0) is 25.8 Å². The molecular weight excluding hydrogens is 186 g/mol. The van der Waals surface area contributed by atoms with E-state index >= 15 is 0 Å². The molecule has 0 saturated heterocycles. The fourth-order valence-electron chi connectivity index (χ4n) is 1.43. The summed E-state index contributed by atoms with van der Waals surface area (Å²) in [5.74, 6) is 0.960. The number of ether oxygens (including phenoxy) is 1. The van der Waals surface area contributed by atoms with Crippen molar-refractivity contribution in [2.24, 2.45) is 5.73 Å². The molecule has 0 spiro atoms. The average Bonchev–Trinajstić information content (AvgIpc) is 2.23. The molecule has 0 unspecified atom stereocenters. The molecule has 0 fully saturated rings. The van der Waals surface area contributed by atoms with Gasteiger partial charge in [-0.1, -0.05) is 39.2 Å². The fourth-order valence-corrected chi connectivity index (χ4v) is 1.43. The lowest BCUT2D eigenvalue weighted by molar-refractivity contribution is 0.197. The van der Waals surface area contributed by atoms with Gasteiger partial charge >= 0.3 is 0 Å². The summed E-state index contributed by atoms with van der Waals surface area (Å²) < 4.78 is 5.50. The van der Waals surface area contributed by atoms with Gasteiger partial charge < -0.3 is 10.5 Å². The van der Waals surface area contributed by atoms with Crippen LogP contribution in [0.2, 0.25) is 0 Å². The Labute approximate surface area is 94.9 Å². The van der Waals surface area contributed by atoms with Gasteiger partial charge in [-0.2, -0.15) is 0 Å². The van der Waals surface area contributed by atoms with Crippen molar-refractivity contribution < 1.29 is 4.74 Å². The van der Waals surface area contributed by atoms with Crippen molar-refractivity contribution in [3.8, 4) is 0 Å². The van der Waals surface area contributed by atoms with E-state index in [0.29, 0.717) is 0 Å². The second kappa shape index (κ2) is 11.6. The van der Waals surface area contributed by atoms with Crippen LogP contribution in [-0.4, -0.2) is 13.2 Å². The molecule has 0 heterocycles. The maximum absolute atomic E-state index is 5.50. The molecule has 0 radical (unpaired) electrons. The lowest BCUT2D eigenvalue weighted by atomic mass is 10.1. The van der Waals surface area contributed by atoms with Crippen molar-refractivity contribution in [1.29, 1.82) is 0 Å². The van der Waals surface area contributed by atoms with Crippen LogP contribution >= 0.6 is 0 Å². The quantitative estimate of drug-likeness (QED) is 0.420. The second-order valence-corrected chi connectivity index (χ2v) is 4.05. The van der Waals surface area contributed by atoms with Crippen molar-refractivity contribution in [1.82, 2.24) is 0 Å². The van der Waals surface area contributed by atoms with E-state index in [-0.39, 0.29) is 0 Å². The van der Waals surface area contributed by atoms with Gasteiger partial charge in [0.1, 0.15) is 0 Å². The van der Waals surface area contributed by atoms with Crippen LogP contribution in [0.1, 0.15) is 58.3 Å². The highest BCUT2D eigenvalue weighted by Crippen LogP contribution is 2.10. The Balaban J connectivity index is 3.10. The molecule has 2 heteroatoms. The molecular formula is C13H27NO. The van der Waals surface area contributed by atoms with E-state index in [0.717, 1.165) is 38.2 Å². The van der Waals surface area contributed by atoms with Crippen molar-refractivity contribution in [2.45, 2.75) is 58.3 Å². The maximum Gasteiger partial charge on any atom is 0.0888 e. The lowest BCUT2D eigenvalue weighted by Crippen LogP contribution is -1.97. The summed E-state index contributed by atoms with van der Waals surface area (Å²) >= 11 is 0. The minimum atomic E-state index is 0.826. The van der Waals surface area contributed by atoms with Crippen LogP contribution in [0.5, 0.6) is 0 Å². The molecule has 0 aliphatic carbocycles. The van der Waals surface area contributed by atoms with Gasteiger partial charge in [-0.25, -0.2) is 0 Å². The molecule has 0 rings (SSSR count). The van der Waals surface area contributed by atoms with Gasteiger partial charge in [0.15, 0.2) is 0 Å². The van der Waals surface area contributed by atoms with E-state index < -0.39 is 0 Å². The van der Waals surface area contributed by atoms with Crippen molar-refractivity contribution in [3.05, 3.63) is 12.3 Å². The lowest BCUT2D eigenvalue weighted by Gasteiger charge is -2.08. The summed E-state index contributed by atoms with van der Waals surface area (Å²) in [5.41, 5.74) is 5.43. The van der Waals surface area contributed by atoms with E-state index in [1.165, 1.54) is 32.1 Å².